The van der Waals surface area contributed by atoms with Crippen molar-refractivity contribution in [3.63, 3.8) is 0 Å². The number of rotatable bonds is 46. The van der Waals surface area contributed by atoms with Crippen molar-refractivity contribution >= 4 is 84.5 Å². The van der Waals surface area contributed by atoms with Crippen molar-refractivity contribution in [2.75, 3.05) is 63.9 Å². The number of thiol groups is 2. The fourth-order valence-electron chi connectivity index (χ4n) is 8.24. The van der Waals surface area contributed by atoms with Crippen molar-refractivity contribution < 1.29 is 73.8 Å². The van der Waals surface area contributed by atoms with Gasteiger partial charge in [0.1, 0.15) is 11.4 Å². The van der Waals surface area contributed by atoms with Gasteiger partial charge in [0.15, 0.2) is 0 Å². The van der Waals surface area contributed by atoms with E-state index in [2.05, 4.69) is 98.2 Å². The molecule has 0 aliphatic carbocycles. The number of hydrogen-bond donors (Lipinski definition) is 15. The number of aromatic nitrogens is 2. The average Bonchev–Trinajstić information content (AvgIpc) is 2.27. The highest BCUT2D eigenvalue weighted by molar-refractivity contribution is 7.81. The van der Waals surface area contributed by atoms with Gasteiger partial charge < -0.3 is 52.7 Å². The van der Waals surface area contributed by atoms with E-state index in [-0.39, 0.29) is 134 Å². The van der Waals surface area contributed by atoms with Crippen molar-refractivity contribution in [2.45, 2.75) is 182 Å². The number of carboxylic acid groups (broad SMARTS) is 2. The molecule has 0 spiro atoms. The Morgan fingerprint density at radius 3 is 1.52 bits per heavy atom. The summed E-state index contributed by atoms with van der Waals surface area (Å²) in [6, 6.07) is 9.81. The van der Waals surface area contributed by atoms with E-state index in [0.717, 1.165) is 43.6 Å². The zero-order valence-electron chi connectivity index (χ0n) is 54.8. The van der Waals surface area contributed by atoms with Gasteiger partial charge in [-0.15, -0.1) is 0 Å². The second-order valence-electron chi connectivity index (χ2n) is 22.8. The number of hydroxylamine groups is 6. The van der Waals surface area contributed by atoms with Gasteiger partial charge in [0.05, 0.1) is 22.9 Å². The van der Waals surface area contributed by atoms with Crippen LogP contribution in [0.25, 0.3) is 0 Å². The number of aromatic carboxylic acids is 2. The fraction of sp³-hybridized carbons (Fsp3) is 0.645. The van der Waals surface area contributed by atoms with Crippen LogP contribution >= 0.6 is 25.3 Å². The van der Waals surface area contributed by atoms with Crippen LogP contribution in [0.5, 0.6) is 0 Å². The van der Waals surface area contributed by atoms with E-state index in [1.54, 1.807) is 24.3 Å². The van der Waals surface area contributed by atoms with Gasteiger partial charge in [0.25, 0.3) is 0 Å². The lowest BCUT2D eigenvalue weighted by molar-refractivity contribution is -0.166. The number of unbranched alkanes of at least 4 members (excludes halogenated alkanes) is 6. The van der Waals surface area contributed by atoms with Crippen molar-refractivity contribution in [3.8, 4) is 0 Å². The van der Waals surface area contributed by atoms with Gasteiger partial charge in [-0.2, -0.15) is 25.3 Å². The Bertz CT molecular complexity index is 2550. The molecule has 0 saturated heterocycles. The maximum Gasteiger partial charge on any atom is 0.354 e. The van der Waals surface area contributed by atoms with E-state index in [1.807, 2.05) is 27.7 Å². The summed E-state index contributed by atoms with van der Waals surface area (Å²) in [5.74, 6) is -3.60. The van der Waals surface area contributed by atoms with Gasteiger partial charge in [-0.05, 0) is 121 Å². The average molecular weight is 1340 g/mol. The number of carboxylic acids is 2. The molecule has 0 aliphatic rings. The molecule has 0 saturated carbocycles. The first-order valence-electron chi connectivity index (χ1n) is 31.4. The standard InChI is InChI=1S/C30H56N6O8.C20H26N4O4.C12H23N3O3S2/c1-24(2)30(41)33-20-10-7-13-22-35(43)28(39)16-14-25(3)31-18-8-5-12-23-36(44)29(40)17-15-27(38)32-19-9-6-11-21-34(42)26(4)37;1-13(2)9-16(22-12-15-6-4-8-18(24-15)20(27)28)11-21-10-14-5-3-7-17(23-14)19(25)26;1-8(2)14-10(16)4-3-9(15-12(18)7-20)5-13-11(17)6-19/h24,31,42-44H,3,5-23H2,1-2,4H3,(H,32,38)(H,33,41);3-8,13,16,21-22H,9-12H2,1-2H3,(H,25,26)(H,27,28);8-9,19-20H,3-7H2,1-2H3,(H,13,17)(H,14,16)(H,15,18). The predicted octanol–water partition coefficient (Wildman–Crippen LogP) is 4.64. The number of allylic oxidation sites excluding steroid dienone is 1. The number of nitrogens with one attached hydrogen (secondary N) is 8. The maximum absolute atomic E-state index is 12.1. The molecule has 8 amide bonds. The van der Waals surface area contributed by atoms with Crippen LogP contribution in [0.4, 0.5) is 0 Å². The van der Waals surface area contributed by atoms with Crippen molar-refractivity contribution in [1.82, 2.24) is 67.7 Å². The number of nitrogens with zero attached hydrogens (tertiary/aromatic N) is 5. The molecule has 2 heterocycles. The Morgan fingerprint density at radius 1 is 0.533 bits per heavy atom. The van der Waals surface area contributed by atoms with Crippen LogP contribution in [-0.4, -0.2) is 192 Å². The molecule has 2 rings (SSSR count). The third kappa shape index (κ3) is 45.3. The molecule has 0 fully saturated rings. The highest BCUT2D eigenvalue weighted by Gasteiger charge is 2.18. The van der Waals surface area contributed by atoms with E-state index in [9.17, 15) is 63.6 Å². The number of carbonyl (C=O) groups excluding carboxylic acids is 8. The van der Waals surface area contributed by atoms with Crippen LogP contribution in [0.15, 0.2) is 48.7 Å². The van der Waals surface area contributed by atoms with Crippen LogP contribution in [0, 0.1) is 11.8 Å². The molecule has 520 valence electrons. The molecular formula is C62H105N13O15S2. The molecule has 0 aliphatic heterocycles. The Labute approximate surface area is 553 Å². The first kappa shape index (κ1) is 85.0. The molecule has 30 heteroatoms. The third-order valence-electron chi connectivity index (χ3n) is 13.3. The zero-order chi connectivity index (χ0) is 69.4. The largest absolute Gasteiger partial charge is 0.477 e. The minimum atomic E-state index is -1.04. The van der Waals surface area contributed by atoms with Crippen LogP contribution in [0.1, 0.15) is 184 Å². The van der Waals surface area contributed by atoms with E-state index in [4.69, 9.17) is 10.2 Å². The highest BCUT2D eigenvalue weighted by atomic mass is 32.1. The van der Waals surface area contributed by atoms with E-state index in [0.29, 0.717) is 111 Å². The topological polar surface area (TPSA) is 404 Å². The van der Waals surface area contributed by atoms with Gasteiger partial charge in [-0.1, -0.05) is 46.4 Å². The van der Waals surface area contributed by atoms with Gasteiger partial charge in [-0.25, -0.2) is 34.7 Å². The van der Waals surface area contributed by atoms with E-state index in [1.165, 1.54) is 19.1 Å². The number of hydrogen-bond acceptors (Lipinski definition) is 20. The van der Waals surface area contributed by atoms with Crippen LogP contribution < -0.4 is 42.5 Å². The molecular weight excluding hydrogens is 1230 g/mol. The SMILES string of the molecule is C=C(CCC(=O)N(O)CCCCCNC(=O)C(C)C)NCCCCCN(O)C(=O)CCC(=O)NCCCCCN(O)C(C)=O.CC(C)CC(CNCc1cccc(C(=O)O)n1)NCc1cccc(C(=O)O)n1.CC(C)NC(=O)CCC(CNC(=O)CS)NC(=O)CS. The lowest BCUT2D eigenvalue weighted by atomic mass is 10.0. The molecule has 2 aromatic rings. The molecule has 0 aromatic carbocycles. The van der Waals surface area contributed by atoms with Gasteiger partial charge in [0, 0.05) is 128 Å². The van der Waals surface area contributed by atoms with Crippen LogP contribution in [0.2, 0.25) is 0 Å². The molecule has 13 N–H and O–H groups in total. The van der Waals surface area contributed by atoms with Crippen molar-refractivity contribution in [1.29, 1.82) is 0 Å². The Balaban J connectivity index is 0.00000147. The predicted molar refractivity (Wildman–Crippen MR) is 354 cm³/mol. The van der Waals surface area contributed by atoms with Crippen LogP contribution in [-0.2, 0) is 51.4 Å². The Hall–Kier alpha value is -6.96. The second kappa shape index (κ2) is 51.5. The fourth-order valence-corrected chi connectivity index (χ4v) is 8.44. The summed E-state index contributed by atoms with van der Waals surface area (Å²) >= 11 is 7.73. The summed E-state index contributed by atoms with van der Waals surface area (Å²) in [5, 5.41) is 72.8. The van der Waals surface area contributed by atoms with Gasteiger partial charge in [0.2, 0.25) is 47.3 Å². The summed E-state index contributed by atoms with van der Waals surface area (Å²) < 4.78 is 0. The van der Waals surface area contributed by atoms with E-state index < -0.39 is 23.8 Å². The molecule has 0 bridgehead atoms. The molecule has 28 nitrogen and oxygen atoms in total. The normalized spacial score (nSPS) is 11.4. The van der Waals surface area contributed by atoms with Gasteiger partial charge in [-0.3, -0.25) is 54.0 Å². The maximum atomic E-state index is 12.1. The van der Waals surface area contributed by atoms with E-state index >= 15 is 0 Å². The smallest absolute Gasteiger partial charge is 0.354 e. The number of carbonyl (C=O) groups is 10. The summed E-state index contributed by atoms with van der Waals surface area (Å²) in [4.78, 5) is 123. The summed E-state index contributed by atoms with van der Waals surface area (Å²) in [6.45, 7) is 21.0. The molecule has 2 atom stereocenters. The first-order valence-corrected chi connectivity index (χ1v) is 32.7. The Morgan fingerprint density at radius 2 is 1.03 bits per heavy atom. The Kier molecular flexibility index (Phi) is 47.6. The lowest BCUT2D eigenvalue weighted by Gasteiger charge is -2.21. The third-order valence-corrected chi connectivity index (χ3v) is 13.8. The number of amides is 8. The zero-order valence-corrected chi connectivity index (χ0v) is 56.6. The van der Waals surface area contributed by atoms with Crippen LogP contribution in [0.3, 0.4) is 0 Å². The molecule has 2 aromatic heterocycles. The minimum absolute atomic E-state index is 0.0163. The lowest BCUT2D eigenvalue weighted by Crippen LogP contribution is -2.45. The van der Waals surface area contributed by atoms with Crippen molar-refractivity contribution in [3.05, 3.63) is 71.4 Å². The summed E-state index contributed by atoms with van der Waals surface area (Å²) in [6.07, 6.45) is 8.41. The summed E-state index contributed by atoms with van der Waals surface area (Å²) in [7, 11) is 0. The summed E-state index contributed by atoms with van der Waals surface area (Å²) in [5.41, 5.74) is 2.08. The quantitative estimate of drug-likeness (QED) is 0.0186. The molecule has 2 unspecified atom stereocenters. The highest BCUT2D eigenvalue weighted by Crippen LogP contribution is 2.10. The first-order chi connectivity index (χ1) is 43.6. The van der Waals surface area contributed by atoms with Crippen molar-refractivity contribution in [2.24, 2.45) is 11.8 Å². The number of pyridine rings is 2. The molecule has 92 heavy (non-hydrogen) atoms. The van der Waals surface area contributed by atoms with Gasteiger partial charge >= 0.3 is 11.9 Å². The monoisotopic (exact) mass is 1340 g/mol. The molecule has 0 radical (unpaired) electrons. The minimum Gasteiger partial charge on any atom is -0.477 e. The second-order valence-corrected chi connectivity index (χ2v) is 23.4.